The molecule has 138 valence electrons. The van der Waals surface area contributed by atoms with E-state index < -0.39 is 12.0 Å². The molecule has 0 saturated carbocycles. The minimum atomic E-state index is -0.742. The predicted octanol–water partition coefficient (Wildman–Crippen LogP) is 3.60. The van der Waals surface area contributed by atoms with E-state index in [1.54, 1.807) is 36.4 Å². The largest absolute Gasteiger partial charge is 0.484 e. The number of esters is 1. The maximum atomic E-state index is 12.3. The molecule has 5 nitrogen and oxygen atoms in total. The van der Waals surface area contributed by atoms with Crippen LogP contribution in [0.25, 0.3) is 0 Å². The molecule has 2 aromatic carbocycles. The number of ether oxygens (including phenoxy) is 2. The summed E-state index contributed by atoms with van der Waals surface area (Å²) in [6, 6.07) is 15.3. The van der Waals surface area contributed by atoms with Gasteiger partial charge in [-0.25, -0.2) is 4.79 Å². The fourth-order valence-electron chi connectivity index (χ4n) is 2.20. The lowest BCUT2D eigenvalue weighted by Crippen LogP contribution is -2.46. The first-order valence-corrected chi connectivity index (χ1v) is 8.72. The molecule has 6 heteroatoms. The Hall–Kier alpha value is -2.53. The molecular weight excluding hydrogens is 354 g/mol. The Balaban J connectivity index is 1.85. The molecule has 1 N–H and O–H groups in total. The number of benzene rings is 2. The Morgan fingerprint density at radius 2 is 1.69 bits per heavy atom. The minimum Gasteiger partial charge on any atom is -0.484 e. The van der Waals surface area contributed by atoms with E-state index in [-0.39, 0.29) is 25.0 Å². The van der Waals surface area contributed by atoms with Gasteiger partial charge in [0.15, 0.2) is 6.61 Å². The number of carbonyl (C=O) groups is 2. The molecule has 0 bridgehead atoms. The van der Waals surface area contributed by atoms with Gasteiger partial charge in [0.25, 0.3) is 5.91 Å². The smallest absolute Gasteiger partial charge is 0.329 e. The fraction of sp³-hybridized carbons (Fsp3) is 0.300. The van der Waals surface area contributed by atoms with Gasteiger partial charge >= 0.3 is 5.97 Å². The first-order valence-electron chi connectivity index (χ1n) is 8.34. The molecule has 0 aliphatic carbocycles. The molecular formula is C20H22ClNO4. The molecule has 0 heterocycles. The molecule has 0 aliphatic heterocycles. The van der Waals surface area contributed by atoms with Crippen LogP contribution in [0.4, 0.5) is 0 Å². The lowest BCUT2D eigenvalue weighted by molar-refractivity contribution is -0.150. The molecule has 26 heavy (non-hydrogen) atoms. The molecule has 0 saturated heterocycles. The van der Waals surface area contributed by atoms with Gasteiger partial charge < -0.3 is 14.8 Å². The van der Waals surface area contributed by atoms with E-state index in [1.807, 2.05) is 32.0 Å². The minimum absolute atomic E-state index is 0.117. The van der Waals surface area contributed by atoms with Crippen molar-refractivity contribution in [1.29, 1.82) is 0 Å². The third-order valence-corrected chi connectivity index (χ3v) is 3.90. The summed E-state index contributed by atoms with van der Waals surface area (Å²) in [5.74, 6) is -0.388. The second kappa shape index (κ2) is 9.82. The zero-order valence-electron chi connectivity index (χ0n) is 14.8. The van der Waals surface area contributed by atoms with Crippen molar-refractivity contribution in [2.24, 2.45) is 5.92 Å². The van der Waals surface area contributed by atoms with Crippen molar-refractivity contribution in [2.45, 2.75) is 26.5 Å². The quantitative estimate of drug-likeness (QED) is 0.716. The van der Waals surface area contributed by atoms with Crippen molar-refractivity contribution in [3.05, 3.63) is 65.2 Å². The molecule has 0 aromatic heterocycles. The summed E-state index contributed by atoms with van der Waals surface area (Å²) in [5, 5.41) is 3.29. The SMILES string of the molecule is CC(C)[C@H](NC(=O)COc1ccccc1)C(=O)OCc1ccc(Cl)cc1. The third kappa shape index (κ3) is 6.41. The van der Waals surface area contributed by atoms with Crippen LogP contribution in [0.3, 0.4) is 0 Å². The van der Waals surface area contributed by atoms with Gasteiger partial charge in [0.05, 0.1) is 0 Å². The standard InChI is InChI=1S/C20H22ClNO4/c1-14(2)19(20(24)26-12-15-8-10-16(21)11-9-15)22-18(23)13-25-17-6-4-3-5-7-17/h3-11,14,19H,12-13H2,1-2H3,(H,22,23)/t19-/m0/s1. The van der Waals surface area contributed by atoms with E-state index >= 15 is 0 Å². The average Bonchev–Trinajstić information content (AvgIpc) is 2.64. The molecule has 0 radical (unpaired) electrons. The van der Waals surface area contributed by atoms with Gasteiger partial charge in [-0.2, -0.15) is 0 Å². The Kier molecular flexibility index (Phi) is 7.48. The van der Waals surface area contributed by atoms with E-state index in [0.717, 1.165) is 5.56 Å². The van der Waals surface area contributed by atoms with Gasteiger partial charge in [0, 0.05) is 5.02 Å². The highest BCUT2D eigenvalue weighted by molar-refractivity contribution is 6.30. The molecule has 2 rings (SSSR count). The van der Waals surface area contributed by atoms with Gasteiger partial charge in [-0.3, -0.25) is 4.79 Å². The van der Waals surface area contributed by atoms with Gasteiger partial charge in [-0.1, -0.05) is 55.8 Å². The topological polar surface area (TPSA) is 64.6 Å². The van der Waals surface area contributed by atoms with Crippen LogP contribution < -0.4 is 10.1 Å². The van der Waals surface area contributed by atoms with E-state index in [4.69, 9.17) is 21.1 Å². The Morgan fingerprint density at radius 1 is 1.04 bits per heavy atom. The lowest BCUT2D eigenvalue weighted by Gasteiger charge is -2.21. The first-order chi connectivity index (χ1) is 12.5. The second-order valence-electron chi connectivity index (χ2n) is 6.13. The van der Waals surface area contributed by atoms with Crippen molar-refractivity contribution in [2.75, 3.05) is 6.61 Å². The monoisotopic (exact) mass is 375 g/mol. The second-order valence-corrected chi connectivity index (χ2v) is 6.56. The van der Waals surface area contributed by atoms with Gasteiger partial charge in [0.2, 0.25) is 0 Å². The molecule has 2 aromatic rings. The highest BCUT2D eigenvalue weighted by Gasteiger charge is 2.25. The number of hydrogen-bond acceptors (Lipinski definition) is 4. The summed E-state index contributed by atoms with van der Waals surface area (Å²) < 4.78 is 10.7. The van der Waals surface area contributed by atoms with Crippen LogP contribution >= 0.6 is 11.6 Å². The van der Waals surface area contributed by atoms with Crippen molar-refractivity contribution < 1.29 is 19.1 Å². The van der Waals surface area contributed by atoms with E-state index in [2.05, 4.69) is 5.32 Å². The highest BCUT2D eigenvalue weighted by atomic mass is 35.5. The van der Waals surface area contributed by atoms with Gasteiger partial charge in [-0.05, 0) is 35.7 Å². The Morgan fingerprint density at radius 3 is 2.31 bits per heavy atom. The normalized spacial score (nSPS) is 11.7. The fourth-order valence-corrected chi connectivity index (χ4v) is 2.33. The Labute approximate surface area is 158 Å². The Bertz CT molecular complexity index is 716. The number of halogens is 1. The zero-order valence-corrected chi connectivity index (χ0v) is 15.5. The zero-order chi connectivity index (χ0) is 18.9. The lowest BCUT2D eigenvalue weighted by atomic mass is 10.0. The summed E-state index contributed by atoms with van der Waals surface area (Å²) in [5.41, 5.74) is 0.823. The van der Waals surface area contributed by atoms with Crippen LogP contribution in [0.2, 0.25) is 5.02 Å². The maximum absolute atomic E-state index is 12.3. The van der Waals surface area contributed by atoms with Crippen LogP contribution in [-0.4, -0.2) is 24.5 Å². The van der Waals surface area contributed by atoms with E-state index in [9.17, 15) is 9.59 Å². The number of amides is 1. The van der Waals surface area contributed by atoms with Gasteiger partial charge in [0.1, 0.15) is 18.4 Å². The van der Waals surface area contributed by atoms with Crippen LogP contribution in [0.1, 0.15) is 19.4 Å². The summed E-state index contributed by atoms with van der Waals surface area (Å²) in [6.45, 7) is 3.63. The molecule has 0 spiro atoms. The molecule has 1 amide bonds. The molecule has 1 atom stereocenters. The van der Waals surface area contributed by atoms with E-state index in [0.29, 0.717) is 10.8 Å². The predicted molar refractivity (Wildman–Crippen MR) is 100.0 cm³/mol. The van der Waals surface area contributed by atoms with Crippen LogP contribution in [0, 0.1) is 5.92 Å². The third-order valence-electron chi connectivity index (χ3n) is 3.64. The summed E-state index contributed by atoms with van der Waals surface area (Å²) in [7, 11) is 0. The summed E-state index contributed by atoms with van der Waals surface area (Å²) in [6.07, 6.45) is 0. The van der Waals surface area contributed by atoms with E-state index in [1.165, 1.54) is 0 Å². The van der Waals surface area contributed by atoms with Crippen LogP contribution in [-0.2, 0) is 20.9 Å². The molecule has 0 unspecified atom stereocenters. The number of carbonyl (C=O) groups excluding carboxylic acids is 2. The summed E-state index contributed by atoms with van der Waals surface area (Å²) in [4.78, 5) is 24.4. The van der Waals surface area contributed by atoms with Crippen molar-refractivity contribution in [3.8, 4) is 5.75 Å². The average molecular weight is 376 g/mol. The van der Waals surface area contributed by atoms with Crippen molar-refractivity contribution in [3.63, 3.8) is 0 Å². The van der Waals surface area contributed by atoms with Crippen molar-refractivity contribution in [1.82, 2.24) is 5.32 Å². The number of hydrogen-bond donors (Lipinski definition) is 1. The molecule has 0 fully saturated rings. The first kappa shape index (κ1) is 19.8. The van der Waals surface area contributed by atoms with Crippen molar-refractivity contribution >= 4 is 23.5 Å². The van der Waals surface area contributed by atoms with Gasteiger partial charge in [-0.15, -0.1) is 0 Å². The summed E-state index contributed by atoms with van der Waals surface area (Å²) >= 11 is 5.83. The molecule has 0 aliphatic rings. The number of rotatable bonds is 8. The number of nitrogens with one attached hydrogen (secondary N) is 1. The van der Waals surface area contributed by atoms with Crippen LogP contribution in [0.5, 0.6) is 5.75 Å². The maximum Gasteiger partial charge on any atom is 0.329 e. The highest BCUT2D eigenvalue weighted by Crippen LogP contribution is 2.12. The number of para-hydroxylation sites is 1. The van der Waals surface area contributed by atoms with Crippen LogP contribution in [0.15, 0.2) is 54.6 Å².